The van der Waals surface area contributed by atoms with Gasteiger partial charge in [-0.25, -0.2) is 4.39 Å². The standard InChI is InChI=1S/C19H16FN3O3S/c20-14-3-6-16-13(10-14)11-23(22-16)7-8-26-15-4-1-12(2-5-15)9-17-18(24)21-19(25)27-17/h1-6,10-11,17H,7-9H2,(H,21,24,25). The van der Waals surface area contributed by atoms with Crippen molar-refractivity contribution in [2.75, 3.05) is 6.61 Å². The van der Waals surface area contributed by atoms with E-state index in [1.165, 1.54) is 12.1 Å². The SMILES string of the molecule is O=C1NC(=O)C(Cc2ccc(OCCn3cc4cc(F)ccc4n3)cc2)S1. The second-order valence-corrected chi connectivity index (χ2v) is 7.35. The van der Waals surface area contributed by atoms with E-state index in [0.717, 1.165) is 28.2 Å². The first-order chi connectivity index (χ1) is 13.1. The van der Waals surface area contributed by atoms with Gasteiger partial charge in [-0.15, -0.1) is 0 Å². The molecular formula is C19H16FN3O3S. The van der Waals surface area contributed by atoms with Crippen molar-refractivity contribution in [2.45, 2.75) is 18.2 Å². The third-order valence-electron chi connectivity index (χ3n) is 4.21. The van der Waals surface area contributed by atoms with Crippen molar-refractivity contribution < 1.29 is 18.7 Å². The highest BCUT2D eigenvalue weighted by molar-refractivity contribution is 8.15. The lowest BCUT2D eigenvalue weighted by molar-refractivity contribution is -0.118. The zero-order valence-electron chi connectivity index (χ0n) is 14.2. The van der Waals surface area contributed by atoms with Crippen LogP contribution in [0.1, 0.15) is 5.56 Å². The quantitative estimate of drug-likeness (QED) is 0.706. The molecule has 0 saturated carbocycles. The number of hydrogen-bond donors (Lipinski definition) is 1. The van der Waals surface area contributed by atoms with Crippen molar-refractivity contribution in [2.24, 2.45) is 0 Å². The fourth-order valence-corrected chi connectivity index (χ4v) is 3.74. The smallest absolute Gasteiger partial charge is 0.286 e. The molecule has 1 atom stereocenters. The summed E-state index contributed by atoms with van der Waals surface area (Å²) in [4.78, 5) is 22.8. The fraction of sp³-hybridized carbons (Fsp3) is 0.211. The summed E-state index contributed by atoms with van der Waals surface area (Å²) in [5.41, 5.74) is 1.71. The Kier molecular flexibility index (Phi) is 4.81. The molecule has 0 spiro atoms. The lowest BCUT2D eigenvalue weighted by atomic mass is 10.1. The predicted molar refractivity (Wildman–Crippen MR) is 100 cm³/mol. The highest BCUT2D eigenvalue weighted by Crippen LogP contribution is 2.24. The summed E-state index contributed by atoms with van der Waals surface area (Å²) in [6.45, 7) is 0.963. The Labute approximate surface area is 158 Å². The molecule has 4 rings (SSSR count). The van der Waals surface area contributed by atoms with Crippen LogP contribution < -0.4 is 10.1 Å². The van der Waals surface area contributed by atoms with E-state index < -0.39 is 0 Å². The van der Waals surface area contributed by atoms with Crippen molar-refractivity contribution >= 4 is 33.8 Å². The van der Waals surface area contributed by atoms with Gasteiger partial charge in [0.15, 0.2) is 0 Å². The number of carbonyl (C=O) groups is 2. The third-order valence-corrected chi connectivity index (χ3v) is 5.20. The first-order valence-corrected chi connectivity index (χ1v) is 9.31. The number of nitrogens with one attached hydrogen (secondary N) is 1. The Bertz CT molecular complexity index is 1000. The minimum absolute atomic E-state index is 0.239. The summed E-state index contributed by atoms with van der Waals surface area (Å²) < 4.78 is 20.7. The molecule has 1 aliphatic heterocycles. The van der Waals surface area contributed by atoms with Gasteiger partial charge in [-0.1, -0.05) is 23.9 Å². The third kappa shape index (κ3) is 4.11. The molecule has 27 heavy (non-hydrogen) atoms. The van der Waals surface area contributed by atoms with Gasteiger partial charge in [0.1, 0.15) is 18.2 Å². The number of aromatic nitrogens is 2. The number of amides is 2. The lowest BCUT2D eigenvalue weighted by Gasteiger charge is -2.08. The average molecular weight is 385 g/mol. The molecule has 1 saturated heterocycles. The average Bonchev–Trinajstić information content (AvgIpc) is 3.18. The highest BCUT2D eigenvalue weighted by atomic mass is 32.2. The molecule has 1 unspecified atom stereocenters. The summed E-state index contributed by atoms with van der Waals surface area (Å²) in [5, 5.41) is 6.75. The van der Waals surface area contributed by atoms with E-state index in [4.69, 9.17) is 4.74 Å². The Hall–Kier alpha value is -2.87. The van der Waals surface area contributed by atoms with Gasteiger partial charge < -0.3 is 4.74 Å². The van der Waals surface area contributed by atoms with E-state index in [-0.39, 0.29) is 22.2 Å². The molecule has 1 N–H and O–H groups in total. The summed E-state index contributed by atoms with van der Waals surface area (Å²) >= 11 is 1.02. The maximum atomic E-state index is 13.2. The van der Waals surface area contributed by atoms with Crippen LogP contribution in [0.2, 0.25) is 0 Å². The summed E-state index contributed by atoms with van der Waals surface area (Å²) in [6.07, 6.45) is 2.29. The first-order valence-electron chi connectivity index (χ1n) is 8.43. The summed E-state index contributed by atoms with van der Waals surface area (Å²) in [6, 6.07) is 11.9. The number of hydrogen-bond acceptors (Lipinski definition) is 5. The normalized spacial score (nSPS) is 16.7. The Morgan fingerprint density at radius 1 is 1.19 bits per heavy atom. The zero-order chi connectivity index (χ0) is 18.8. The monoisotopic (exact) mass is 385 g/mol. The Morgan fingerprint density at radius 2 is 2.00 bits per heavy atom. The van der Waals surface area contributed by atoms with Gasteiger partial charge in [0, 0.05) is 11.6 Å². The molecule has 6 nitrogen and oxygen atoms in total. The second kappa shape index (κ2) is 7.40. The summed E-state index contributed by atoms with van der Waals surface area (Å²) in [5.74, 6) is 0.189. The highest BCUT2D eigenvalue weighted by Gasteiger charge is 2.31. The van der Waals surface area contributed by atoms with E-state index in [1.807, 2.05) is 24.3 Å². The van der Waals surface area contributed by atoms with Crippen LogP contribution in [0.15, 0.2) is 48.7 Å². The second-order valence-electron chi connectivity index (χ2n) is 6.18. The topological polar surface area (TPSA) is 73.2 Å². The van der Waals surface area contributed by atoms with E-state index in [9.17, 15) is 14.0 Å². The van der Waals surface area contributed by atoms with Crippen LogP contribution in [-0.2, 0) is 17.8 Å². The molecule has 1 fully saturated rings. The van der Waals surface area contributed by atoms with Crippen LogP contribution in [0.25, 0.3) is 10.9 Å². The van der Waals surface area contributed by atoms with Gasteiger partial charge in [0.05, 0.1) is 17.3 Å². The molecule has 138 valence electrons. The van der Waals surface area contributed by atoms with Crippen LogP contribution in [0.3, 0.4) is 0 Å². The zero-order valence-corrected chi connectivity index (χ0v) is 15.0. The van der Waals surface area contributed by atoms with Gasteiger partial charge in [-0.05, 0) is 42.3 Å². The van der Waals surface area contributed by atoms with Crippen LogP contribution in [-0.4, -0.2) is 32.8 Å². The molecule has 0 aliphatic carbocycles. The van der Waals surface area contributed by atoms with Crippen LogP contribution in [0, 0.1) is 5.82 Å². The molecule has 2 heterocycles. The maximum absolute atomic E-state index is 13.2. The van der Waals surface area contributed by atoms with Gasteiger partial charge in [-0.3, -0.25) is 19.6 Å². The Balaban J connectivity index is 1.30. The fourth-order valence-electron chi connectivity index (χ4n) is 2.88. The lowest BCUT2D eigenvalue weighted by Crippen LogP contribution is -2.25. The minimum atomic E-state index is -0.372. The number of rotatable bonds is 6. The molecule has 1 aromatic heterocycles. The number of fused-ring (bicyclic) bond motifs is 1. The maximum Gasteiger partial charge on any atom is 0.286 e. The number of halogens is 1. The van der Waals surface area contributed by atoms with Crippen LogP contribution >= 0.6 is 11.8 Å². The summed E-state index contributed by atoms with van der Waals surface area (Å²) in [7, 11) is 0. The molecule has 8 heteroatoms. The van der Waals surface area contributed by atoms with Gasteiger partial charge >= 0.3 is 0 Å². The molecule has 2 amide bonds. The number of carbonyl (C=O) groups excluding carboxylic acids is 2. The van der Waals surface area contributed by atoms with E-state index in [1.54, 1.807) is 16.9 Å². The van der Waals surface area contributed by atoms with Crippen molar-refractivity contribution in [3.8, 4) is 5.75 Å². The van der Waals surface area contributed by atoms with Crippen molar-refractivity contribution in [1.82, 2.24) is 15.1 Å². The van der Waals surface area contributed by atoms with Crippen LogP contribution in [0.5, 0.6) is 5.75 Å². The number of benzene rings is 2. The molecule has 2 aromatic carbocycles. The molecular weight excluding hydrogens is 369 g/mol. The number of thioether (sulfide) groups is 1. The molecule has 3 aromatic rings. The van der Waals surface area contributed by atoms with E-state index in [0.29, 0.717) is 25.3 Å². The van der Waals surface area contributed by atoms with Crippen molar-refractivity contribution in [3.63, 3.8) is 0 Å². The number of imide groups is 1. The molecule has 0 bridgehead atoms. The van der Waals surface area contributed by atoms with Crippen molar-refractivity contribution in [1.29, 1.82) is 0 Å². The predicted octanol–water partition coefficient (Wildman–Crippen LogP) is 3.15. The molecule has 1 aliphatic rings. The minimum Gasteiger partial charge on any atom is -0.492 e. The van der Waals surface area contributed by atoms with E-state index >= 15 is 0 Å². The first kappa shape index (κ1) is 17.5. The number of ether oxygens (including phenoxy) is 1. The Morgan fingerprint density at radius 3 is 2.74 bits per heavy atom. The number of nitrogens with zero attached hydrogens (tertiary/aromatic N) is 2. The van der Waals surface area contributed by atoms with Crippen LogP contribution in [0.4, 0.5) is 9.18 Å². The van der Waals surface area contributed by atoms with Gasteiger partial charge in [0.25, 0.3) is 5.24 Å². The van der Waals surface area contributed by atoms with Crippen molar-refractivity contribution in [3.05, 3.63) is 60.0 Å². The molecule has 0 radical (unpaired) electrons. The largest absolute Gasteiger partial charge is 0.492 e. The van der Waals surface area contributed by atoms with E-state index in [2.05, 4.69) is 10.4 Å². The van der Waals surface area contributed by atoms with Gasteiger partial charge in [0.2, 0.25) is 5.91 Å². The van der Waals surface area contributed by atoms with Gasteiger partial charge in [-0.2, -0.15) is 5.10 Å².